The van der Waals surface area contributed by atoms with Crippen molar-refractivity contribution in [1.82, 2.24) is 4.31 Å². The lowest BCUT2D eigenvalue weighted by Crippen LogP contribution is -2.33. The molecule has 0 aromatic heterocycles. The molecule has 2 rings (SSSR count). The molecule has 0 bridgehead atoms. The van der Waals surface area contributed by atoms with Gasteiger partial charge in [0, 0.05) is 18.8 Å². The first-order valence-electron chi connectivity index (χ1n) is 7.99. The first-order valence-corrected chi connectivity index (χ1v) is 9.43. The fourth-order valence-electron chi connectivity index (χ4n) is 2.63. The molecule has 3 N–H and O–H groups in total. The van der Waals surface area contributed by atoms with Crippen LogP contribution in [0.2, 0.25) is 0 Å². The van der Waals surface area contributed by atoms with E-state index in [4.69, 9.17) is 5.73 Å². The van der Waals surface area contributed by atoms with E-state index in [0.29, 0.717) is 24.3 Å². The van der Waals surface area contributed by atoms with Crippen molar-refractivity contribution < 1.29 is 13.2 Å². The number of sulfonamides is 1. The van der Waals surface area contributed by atoms with Gasteiger partial charge in [0.25, 0.3) is 0 Å². The number of carbonyl (C=O) groups is 1. The van der Waals surface area contributed by atoms with Crippen molar-refractivity contribution in [3.63, 3.8) is 0 Å². The number of nitrogens with zero attached hydrogens (tertiary/aromatic N) is 1. The molecule has 0 saturated carbocycles. The minimum absolute atomic E-state index is 0. The Labute approximate surface area is 150 Å². The first kappa shape index (κ1) is 20.9. The van der Waals surface area contributed by atoms with E-state index in [9.17, 15) is 13.2 Å². The van der Waals surface area contributed by atoms with E-state index in [-0.39, 0.29) is 23.2 Å². The summed E-state index contributed by atoms with van der Waals surface area (Å²) in [6.07, 6.45) is 3.91. The molecule has 1 unspecified atom stereocenters. The van der Waals surface area contributed by atoms with E-state index < -0.39 is 16.1 Å². The summed E-state index contributed by atoms with van der Waals surface area (Å²) in [5, 5.41) is 2.65. The fourth-order valence-corrected chi connectivity index (χ4v) is 4.40. The molecule has 24 heavy (non-hydrogen) atoms. The number of amides is 1. The topological polar surface area (TPSA) is 92.5 Å². The molecule has 1 aliphatic heterocycles. The quantitative estimate of drug-likeness (QED) is 0.844. The molecule has 1 amide bonds. The number of carbonyl (C=O) groups excluding carboxylic acids is 1. The standard InChI is InChI=1S/C16H25N3O3S.ClH/c1-12-7-8-14(18-16(20)13(2)17)11-15(12)23(21,22)19-9-5-3-4-6-10-19;/h7-8,11,13H,3-6,9-10,17H2,1-2H3,(H,18,20);1H. The molecular weight excluding hydrogens is 350 g/mol. The second-order valence-corrected chi connectivity index (χ2v) is 7.98. The molecule has 6 nitrogen and oxygen atoms in total. The third-order valence-electron chi connectivity index (χ3n) is 4.05. The lowest BCUT2D eigenvalue weighted by Gasteiger charge is -2.21. The van der Waals surface area contributed by atoms with Crippen molar-refractivity contribution >= 4 is 34.0 Å². The molecule has 1 aromatic carbocycles. The molecule has 1 aromatic rings. The SMILES string of the molecule is Cc1ccc(NC(=O)C(C)N)cc1S(=O)(=O)N1CCCCCC1.Cl. The molecule has 1 aliphatic rings. The number of nitrogens with two attached hydrogens (primary N) is 1. The Morgan fingerprint density at radius 2 is 1.79 bits per heavy atom. The molecule has 0 spiro atoms. The molecular formula is C16H26ClN3O3S. The molecule has 1 saturated heterocycles. The molecule has 1 fully saturated rings. The van der Waals surface area contributed by atoms with E-state index in [2.05, 4.69) is 5.32 Å². The highest BCUT2D eigenvalue weighted by molar-refractivity contribution is 7.89. The normalized spacial score (nSPS) is 17.5. The lowest BCUT2D eigenvalue weighted by atomic mass is 10.2. The van der Waals surface area contributed by atoms with Crippen LogP contribution in [0.5, 0.6) is 0 Å². The number of rotatable bonds is 4. The molecule has 0 radical (unpaired) electrons. The molecule has 0 aliphatic carbocycles. The number of anilines is 1. The Kier molecular flexibility index (Phi) is 7.66. The highest BCUT2D eigenvalue weighted by Crippen LogP contribution is 2.25. The number of halogens is 1. The van der Waals surface area contributed by atoms with Crippen LogP contribution in [-0.4, -0.2) is 37.8 Å². The van der Waals surface area contributed by atoms with Gasteiger partial charge in [-0.05, 0) is 44.4 Å². The maximum Gasteiger partial charge on any atom is 0.243 e. The Balaban J connectivity index is 0.00000288. The minimum atomic E-state index is -3.54. The summed E-state index contributed by atoms with van der Waals surface area (Å²) in [5.41, 5.74) is 6.66. The van der Waals surface area contributed by atoms with Gasteiger partial charge in [0.2, 0.25) is 15.9 Å². The number of hydrogen-bond donors (Lipinski definition) is 2. The molecule has 1 atom stereocenters. The first-order chi connectivity index (χ1) is 10.8. The molecule has 136 valence electrons. The number of nitrogens with one attached hydrogen (secondary N) is 1. The van der Waals surface area contributed by atoms with Crippen LogP contribution in [-0.2, 0) is 14.8 Å². The Morgan fingerprint density at radius 1 is 1.21 bits per heavy atom. The second-order valence-electron chi connectivity index (χ2n) is 6.08. The van der Waals surface area contributed by atoms with E-state index in [0.717, 1.165) is 25.7 Å². The van der Waals surface area contributed by atoms with Gasteiger partial charge >= 0.3 is 0 Å². The van der Waals surface area contributed by atoms with Crippen LogP contribution < -0.4 is 11.1 Å². The number of hydrogen-bond acceptors (Lipinski definition) is 4. The smallest absolute Gasteiger partial charge is 0.243 e. The van der Waals surface area contributed by atoms with E-state index in [1.54, 1.807) is 30.3 Å². The maximum absolute atomic E-state index is 12.9. The van der Waals surface area contributed by atoms with Gasteiger partial charge in [-0.3, -0.25) is 4.79 Å². The van der Waals surface area contributed by atoms with Crippen molar-refractivity contribution in [2.24, 2.45) is 5.73 Å². The summed E-state index contributed by atoms with van der Waals surface area (Å²) in [4.78, 5) is 12.0. The van der Waals surface area contributed by atoms with Gasteiger partial charge < -0.3 is 11.1 Å². The monoisotopic (exact) mass is 375 g/mol. The van der Waals surface area contributed by atoms with Gasteiger partial charge in [-0.25, -0.2) is 8.42 Å². The summed E-state index contributed by atoms with van der Waals surface area (Å²) >= 11 is 0. The van der Waals surface area contributed by atoms with Crippen LogP contribution in [0.15, 0.2) is 23.1 Å². The van der Waals surface area contributed by atoms with Gasteiger partial charge in [-0.1, -0.05) is 18.9 Å². The Morgan fingerprint density at radius 3 is 2.33 bits per heavy atom. The fraction of sp³-hybridized carbons (Fsp3) is 0.562. The Hall–Kier alpha value is -1.15. The number of benzene rings is 1. The van der Waals surface area contributed by atoms with Crippen LogP contribution in [0.25, 0.3) is 0 Å². The Bertz CT molecular complexity index is 669. The van der Waals surface area contributed by atoms with Crippen molar-refractivity contribution in [3.8, 4) is 0 Å². The van der Waals surface area contributed by atoms with Gasteiger partial charge in [-0.15, -0.1) is 12.4 Å². The summed E-state index contributed by atoms with van der Waals surface area (Å²) < 4.78 is 27.4. The van der Waals surface area contributed by atoms with Crippen molar-refractivity contribution in [2.75, 3.05) is 18.4 Å². The van der Waals surface area contributed by atoms with E-state index in [1.807, 2.05) is 0 Å². The van der Waals surface area contributed by atoms with Crippen LogP contribution in [0.3, 0.4) is 0 Å². The summed E-state index contributed by atoms with van der Waals surface area (Å²) in [6, 6.07) is 4.27. The van der Waals surface area contributed by atoms with Crippen molar-refractivity contribution in [2.45, 2.75) is 50.5 Å². The van der Waals surface area contributed by atoms with Crippen molar-refractivity contribution in [1.29, 1.82) is 0 Å². The third-order valence-corrected chi connectivity index (χ3v) is 6.09. The average Bonchev–Trinajstić information content (AvgIpc) is 2.78. The zero-order chi connectivity index (χ0) is 17.0. The van der Waals surface area contributed by atoms with Crippen LogP contribution in [0.1, 0.15) is 38.2 Å². The number of aryl methyl sites for hydroxylation is 1. The summed E-state index contributed by atoms with van der Waals surface area (Å²) in [5.74, 6) is -0.341. The van der Waals surface area contributed by atoms with Gasteiger partial charge in [0.05, 0.1) is 10.9 Å². The average molecular weight is 376 g/mol. The van der Waals surface area contributed by atoms with Crippen LogP contribution in [0.4, 0.5) is 5.69 Å². The maximum atomic E-state index is 12.9. The van der Waals surface area contributed by atoms with Gasteiger partial charge in [0.15, 0.2) is 0 Å². The molecule has 1 heterocycles. The van der Waals surface area contributed by atoms with Crippen LogP contribution in [0, 0.1) is 6.92 Å². The van der Waals surface area contributed by atoms with E-state index in [1.165, 1.54) is 6.07 Å². The zero-order valence-corrected chi connectivity index (χ0v) is 15.8. The highest BCUT2D eigenvalue weighted by Gasteiger charge is 2.27. The van der Waals surface area contributed by atoms with Crippen molar-refractivity contribution in [3.05, 3.63) is 23.8 Å². The lowest BCUT2D eigenvalue weighted by molar-refractivity contribution is -0.117. The summed E-state index contributed by atoms with van der Waals surface area (Å²) in [7, 11) is -3.54. The second kappa shape index (κ2) is 8.80. The van der Waals surface area contributed by atoms with E-state index >= 15 is 0 Å². The van der Waals surface area contributed by atoms with Crippen LogP contribution >= 0.6 is 12.4 Å². The third kappa shape index (κ3) is 4.92. The minimum Gasteiger partial charge on any atom is -0.325 e. The molecule has 8 heteroatoms. The van der Waals surface area contributed by atoms with Gasteiger partial charge in [-0.2, -0.15) is 4.31 Å². The highest BCUT2D eigenvalue weighted by atomic mass is 35.5. The predicted molar refractivity (Wildman–Crippen MR) is 97.9 cm³/mol. The predicted octanol–water partition coefficient (Wildman–Crippen LogP) is 2.27. The van der Waals surface area contributed by atoms with Gasteiger partial charge in [0.1, 0.15) is 0 Å². The largest absolute Gasteiger partial charge is 0.325 e. The zero-order valence-electron chi connectivity index (χ0n) is 14.1. The summed E-state index contributed by atoms with van der Waals surface area (Å²) in [6.45, 7) is 4.46.